The fraction of sp³-hybridized carbons (Fsp3) is 0.692. The van der Waals surface area contributed by atoms with E-state index in [0.29, 0.717) is 18.1 Å². The van der Waals surface area contributed by atoms with E-state index < -0.39 is 0 Å². The number of hydrogen-bond donors (Lipinski definition) is 0. The van der Waals surface area contributed by atoms with Gasteiger partial charge in [-0.3, -0.25) is 4.79 Å². The van der Waals surface area contributed by atoms with Gasteiger partial charge in [0.05, 0.1) is 6.42 Å². The Hall–Kier alpha value is -1.12. The Morgan fingerprint density at radius 2 is 2.12 bits per heavy atom. The van der Waals surface area contributed by atoms with Crippen molar-refractivity contribution in [1.29, 1.82) is 0 Å². The van der Waals surface area contributed by atoms with Gasteiger partial charge in [0.15, 0.2) is 0 Å². The molecule has 0 N–H and O–H groups in total. The largest absolute Gasteiger partial charge is 0.338 e. The second-order valence-corrected chi connectivity index (χ2v) is 5.24. The summed E-state index contributed by atoms with van der Waals surface area (Å²) < 4.78 is 1.95. The van der Waals surface area contributed by atoms with Crippen LogP contribution in [0.1, 0.15) is 31.5 Å². The molecule has 16 heavy (non-hydrogen) atoms. The van der Waals surface area contributed by atoms with Crippen molar-refractivity contribution >= 4 is 5.78 Å². The number of hydrogen-bond acceptors (Lipinski definition) is 2. The third-order valence-electron chi connectivity index (χ3n) is 4.28. The lowest BCUT2D eigenvalue weighted by atomic mass is 10.0. The zero-order chi connectivity index (χ0) is 11.1. The van der Waals surface area contributed by atoms with Crippen molar-refractivity contribution < 1.29 is 4.79 Å². The van der Waals surface area contributed by atoms with Gasteiger partial charge in [-0.05, 0) is 24.7 Å². The van der Waals surface area contributed by atoms with Gasteiger partial charge in [-0.1, -0.05) is 12.8 Å². The molecule has 2 aliphatic rings. The van der Waals surface area contributed by atoms with Gasteiger partial charge >= 0.3 is 0 Å². The Morgan fingerprint density at radius 1 is 1.44 bits per heavy atom. The molecule has 2 atom stereocenters. The molecule has 2 unspecified atom stereocenters. The molecule has 0 spiro atoms. The summed E-state index contributed by atoms with van der Waals surface area (Å²) in [5.41, 5.74) is 0. The van der Waals surface area contributed by atoms with E-state index in [2.05, 4.69) is 4.98 Å². The minimum Gasteiger partial charge on any atom is -0.338 e. The number of fused-ring (bicyclic) bond motifs is 1. The van der Waals surface area contributed by atoms with Crippen LogP contribution in [0.25, 0.3) is 0 Å². The van der Waals surface area contributed by atoms with Gasteiger partial charge < -0.3 is 4.57 Å². The van der Waals surface area contributed by atoms with Crippen molar-refractivity contribution in [1.82, 2.24) is 9.55 Å². The maximum absolute atomic E-state index is 12.1. The van der Waals surface area contributed by atoms with E-state index in [0.717, 1.165) is 17.7 Å². The number of nitrogens with zero attached hydrogens (tertiary/aromatic N) is 2. The van der Waals surface area contributed by atoms with E-state index in [9.17, 15) is 4.79 Å². The predicted molar refractivity (Wildman–Crippen MR) is 60.9 cm³/mol. The van der Waals surface area contributed by atoms with Gasteiger partial charge in [-0.2, -0.15) is 0 Å². The predicted octanol–water partition coefficient (Wildman–Crippen LogP) is 1.97. The van der Waals surface area contributed by atoms with Crippen molar-refractivity contribution in [2.24, 2.45) is 24.8 Å². The Labute approximate surface area is 95.9 Å². The average molecular weight is 218 g/mol. The molecular formula is C13H18N2O. The molecule has 1 aromatic rings. The first-order valence-electron chi connectivity index (χ1n) is 6.26. The van der Waals surface area contributed by atoms with Crippen LogP contribution >= 0.6 is 0 Å². The molecule has 3 nitrogen and oxygen atoms in total. The molecule has 86 valence electrons. The van der Waals surface area contributed by atoms with Gasteiger partial charge in [-0.15, -0.1) is 0 Å². The number of aryl methyl sites for hydroxylation is 1. The summed E-state index contributed by atoms with van der Waals surface area (Å²) in [4.78, 5) is 16.4. The maximum Gasteiger partial charge on any atom is 0.144 e. The highest BCUT2D eigenvalue weighted by atomic mass is 16.1. The van der Waals surface area contributed by atoms with Crippen LogP contribution in [0.2, 0.25) is 0 Å². The fourth-order valence-corrected chi connectivity index (χ4v) is 3.31. The van der Waals surface area contributed by atoms with Gasteiger partial charge in [0.1, 0.15) is 11.6 Å². The third-order valence-corrected chi connectivity index (χ3v) is 4.28. The zero-order valence-corrected chi connectivity index (χ0v) is 9.72. The Kier molecular flexibility index (Phi) is 2.34. The van der Waals surface area contributed by atoms with Crippen LogP contribution in [-0.2, 0) is 18.3 Å². The molecule has 0 amide bonds. The second kappa shape index (κ2) is 3.72. The highest BCUT2D eigenvalue weighted by Crippen LogP contribution is 2.55. The van der Waals surface area contributed by atoms with E-state index in [-0.39, 0.29) is 0 Å². The molecule has 1 heterocycles. The Morgan fingerprint density at radius 3 is 2.69 bits per heavy atom. The molecule has 0 saturated heterocycles. The van der Waals surface area contributed by atoms with Crippen LogP contribution in [0.5, 0.6) is 0 Å². The number of imidazole rings is 1. The lowest BCUT2D eigenvalue weighted by Gasteiger charge is -2.04. The normalized spacial score (nSPS) is 32.2. The summed E-state index contributed by atoms with van der Waals surface area (Å²) in [6, 6.07) is 0. The molecule has 2 fully saturated rings. The lowest BCUT2D eigenvalue weighted by Crippen LogP contribution is -2.11. The molecular weight excluding hydrogens is 200 g/mol. The van der Waals surface area contributed by atoms with Crippen LogP contribution in [-0.4, -0.2) is 15.3 Å². The molecule has 1 aromatic heterocycles. The SMILES string of the molecule is Cn1ccnc1CC(=O)C1C2CCCCC21. The van der Waals surface area contributed by atoms with E-state index in [4.69, 9.17) is 0 Å². The molecule has 0 radical (unpaired) electrons. The van der Waals surface area contributed by atoms with Crippen molar-refractivity contribution in [3.8, 4) is 0 Å². The lowest BCUT2D eigenvalue weighted by molar-refractivity contribution is -0.120. The van der Waals surface area contributed by atoms with Crippen molar-refractivity contribution in [3.05, 3.63) is 18.2 Å². The number of Topliss-reactive ketones (excluding diaryl/α,β-unsaturated/α-hetero) is 1. The Bertz CT molecular complexity index is 398. The van der Waals surface area contributed by atoms with Gasteiger partial charge in [0, 0.05) is 25.4 Å². The molecule has 3 rings (SSSR count). The molecule has 3 heteroatoms. The first-order chi connectivity index (χ1) is 7.77. The van der Waals surface area contributed by atoms with Crippen LogP contribution in [0.3, 0.4) is 0 Å². The summed E-state index contributed by atoms with van der Waals surface area (Å²) in [5, 5.41) is 0. The summed E-state index contributed by atoms with van der Waals surface area (Å²) >= 11 is 0. The highest BCUT2D eigenvalue weighted by molar-refractivity contribution is 5.85. The quantitative estimate of drug-likeness (QED) is 0.777. The topological polar surface area (TPSA) is 34.9 Å². The monoisotopic (exact) mass is 218 g/mol. The smallest absolute Gasteiger partial charge is 0.144 e. The van der Waals surface area contributed by atoms with Crippen LogP contribution in [0.15, 0.2) is 12.4 Å². The first-order valence-corrected chi connectivity index (χ1v) is 6.26. The number of aromatic nitrogens is 2. The van der Waals surface area contributed by atoms with Gasteiger partial charge in [0.2, 0.25) is 0 Å². The standard InChI is InChI=1S/C13H18N2O/c1-15-7-6-14-12(15)8-11(16)13-9-4-2-3-5-10(9)13/h6-7,9-10,13H,2-5,8H2,1H3. The van der Waals surface area contributed by atoms with Crippen LogP contribution in [0, 0.1) is 17.8 Å². The van der Waals surface area contributed by atoms with E-state index in [1.165, 1.54) is 25.7 Å². The van der Waals surface area contributed by atoms with Crippen molar-refractivity contribution in [3.63, 3.8) is 0 Å². The fourth-order valence-electron chi connectivity index (χ4n) is 3.31. The number of carbonyl (C=O) groups excluding carboxylic acids is 1. The van der Waals surface area contributed by atoms with E-state index in [1.54, 1.807) is 6.20 Å². The van der Waals surface area contributed by atoms with Crippen LogP contribution in [0.4, 0.5) is 0 Å². The summed E-state index contributed by atoms with van der Waals surface area (Å²) in [7, 11) is 1.95. The van der Waals surface area contributed by atoms with Crippen molar-refractivity contribution in [2.75, 3.05) is 0 Å². The van der Waals surface area contributed by atoms with Gasteiger partial charge in [0.25, 0.3) is 0 Å². The molecule has 0 bridgehead atoms. The minimum atomic E-state index is 0.374. The molecule has 0 aliphatic heterocycles. The van der Waals surface area contributed by atoms with E-state index in [1.807, 2.05) is 17.8 Å². The summed E-state index contributed by atoms with van der Waals surface area (Å²) in [5.74, 6) is 3.15. The third kappa shape index (κ3) is 1.58. The summed E-state index contributed by atoms with van der Waals surface area (Å²) in [6.07, 6.45) is 9.41. The molecule has 2 aliphatic carbocycles. The highest BCUT2D eigenvalue weighted by Gasteiger charge is 2.54. The van der Waals surface area contributed by atoms with Crippen LogP contribution < -0.4 is 0 Å². The van der Waals surface area contributed by atoms with Crippen molar-refractivity contribution in [2.45, 2.75) is 32.1 Å². The maximum atomic E-state index is 12.1. The zero-order valence-electron chi connectivity index (χ0n) is 9.72. The first kappa shape index (κ1) is 10.1. The summed E-state index contributed by atoms with van der Waals surface area (Å²) in [6.45, 7) is 0. The van der Waals surface area contributed by atoms with Gasteiger partial charge in [-0.25, -0.2) is 4.98 Å². The van der Waals surface area contributed by atoms with E-state index >= 15 is 0 Å². The second-order valence-electron chi connectivity index (χ2n) is 5.24. The Balaban J connectivity index is 1.65. The number of ketones is 1. The average Bonchev–Trinajstić information content (AvgIpc) is 2.90. The molecule has 2 saturated carbocycles. The minimum absolute atomic E-state index is 0.374. The number of carbonyl (C=O) groups is 1. The molecule has 0 aromatic carbocycles. The number of rotatable bonds is 3.